The molecule has 4 heterocycles. The molecular weight excluding hydrogens is 322 g/mol. The third-order valence-electron chi connectivity index (χ3n) is 3.80. The predicted octanol–water partition coefficient (Wildman–Crippen LogP) is 3.00. The Bertz CT molecular complexity index is 1060. The minimum absolute atomic E-state index is 0.0922. The van der Waals surface area contributed by atoms with Crippen LogP contribution in [-0.2, 0) is 6.54 Å². The van der Waals surface area contributed by atoms with Crippen molar-refractivity contribution in [1.82, 2.24) is 24.7 Å². The Hall–Kier alpha value is -2.93. The van der Waals surface area contributed by atoms with Gasteiger partial charge in [-0.15, -0.1) is 11.3 Å². The van der Waals surface area contributed by atoms with Gasteiger partial charge in [-0.1, -0.05) is 0 Å². The fourth-order valence-electron chi connectivity index (χ4n) is 2.65. The largest absolute Gasteiger partial charge is 0.276 e. The molecule has 4 aromatic heterocycles. The summed E-state index contributed by atoms with van der Waals surface area (Å²) in [7, 11) is 0. The maximum absolute atomic E-state index is 12.9. The topological polar surface area (TPSA) is 73.6 Å². The lowest BCUT2D eigenvalue weighted by Crippen LogP contribution is -2.22. The van der Waals surface area contributed by atoms with E-state index in [4.69, 9.17) is 0 Å². The summed E-state index contributed by atoms with van der Waals surface area (Å²) in [4.78, 5) is 25.0. The average molecular weight is 335 g/mol. The van der Waals surface area contributed by atoms with Crippen LogP contribution >= 0.6 is 11.3 Å². The second kappa shape index (κ2) is 5.93. The Kier molecular flexibility index (Phi) is 3.62. The first kappa shape index (κ1) is 14.6. The van der Waals surface area contributed by atoms with Gasteiger partial charge in [0, 0.05) is 53.4 Å². The van der Waals surface area contributed by atoms with E-state index < -0.39 is 0 Å². The molecule has 0 amide bonds. The van der Waals surface area contributed by atoms with Crippen LogP contribution in [0.15, 0.2) is 53.4 Å². The van der Waals surface area contributed by atoms with Gasteiger partial charge in [0.15, 0.2) is 0 Å². The van der Waals surface area contributed by atoms with E-state index in [0.717, 1.165) is 27.1 Å². The van der Waals surface area contributed by atoms with Crippen LogP contribution in [0.25, 0.3) is 32.5 Å². The van der Waals surface area contributed by atoms with E-state index in [1.807, 2.05) is 24.4 Å². The SMILES string of the molecule is CCn1nc(-c2ccncc2)c2scc(-c3cncnc3)c2c1=O. The fraction of sp³-hybridized carbons (Fsp3) is 0.118. The first-order chi connectivity index (χ1) is 11.8. The van der Waals surface area contributed by atoms with E-state index in [1.165, 1.54) is 22.3 Å². The first-order valence-electron chi connectivity index (χ1n) is 7.47. The van der Waals surface area contributed by atoms with Crippen LogP contribution in [0.5, 0.6) is 0 Å². The molecule has 0 saturated carbocycles. The lowest BCUT2D eigenvalue weighted by molar-refractivity contribution is 0.627. The third-order valence-corrected chi connectivity index (χ3v) is 4.79. The Balaban J connectivity index is 2.08. The zero-order chi connectivity index (χ0) is 16.5. The van der Waals surface area contributed by atoms with E-state index >= 15 is 0 Å². The molecule has 0 saturated heterocycles. The maximum Gasteiger partial charge on any atom is 0.276 e. The molecule has 4 rings (SSSR count). The van der Waals surface area contributed by atoms with Crippen molar-refractivity contribution in [1.29, 1.82) is 0 Å². The number of thiophene rings is 1. The second-order valence-electron chi connectivity index (χ2n) is 5.19. The van der Waals surface area contributed by atoms with Crippen LogP contribution in [0.4, 0.5) is 0 Å². The number of rotatable bonds is 3. The lowest BCUT2D eigenvalue weighted by Gasteiger charge is -2.08. The van der Waals surface area contributed by atoms with Crippen LogP contribution in [0.2, 0.25) is 0 Å². The summed E-state index contributed by atoms with van der Waals surface area (Å²) in [6, 6.07) is 3.80. The highest BCUT2D eigenvalue weighted by molar-refractivity contribution is 7.18. The van der Waals surface area contributed by atoms with Crippen LogP contribution in [-0.4, -0.2) is 24.7 Å². The third kappa shape index (κ3) is 2.30. The molecule has 0 radical (unpaired) electrons. The number of nitrogens with zero attached hydrogens (tertiary/aromatic N) is 5. The molecule has 0 spiro atoms. The predicted molar refractivity (Wildman–Crippen MR) is 93.8 cm³/mol. The van der Waals surface area contributed by atoms with Gasteiger partial charge in [-0.2, -0.15) is 5.10 Å². The molecule has 118 valence electrons. The van der Waals surface area contributed by atoms with Crippen molar-refractivity contribution in [2.45, 2.75) is 13.5 Å². The van der Waals surface area contributed by atoms with Gasteiger partial charge in [0.1, 0.15) is 12.0 Å². The van der Waals surface area contributed by atoms with Gasteiger partial charge >= 0.3 is 0 Å². The molecule has 0 aliphatic rings. The van der Waals surface area contributed by atoms with Crippen LogP contribution in [0.1, 0.15) is 6.92 Å². The molecule has 0 aromatic carbocycles. The molecule has 0 fully saturated rings. The zero-order valence-corrected chi connectivity index (χ0v) is 13.7. The lowest BCUT2D eigenvalue weighted by atomic mass is 10.1. The molecule has 24 heavy (non-hydrogen) atoms. The molecular formula is C17H13N5OS. The molecule has 0 aliphatic carbocycles. The quantitative estimate of drug-likeness (QED) is 0.575. The van der Waals surface area contributed by atoms with Crippen molar-refractivity contribution in [2.24, 2.45) is 0 Å². The summed E-state index contributed by atoms with van der Waals surface area (Å²) in [5.41, 5.74) is 3.32. The summed E-state index contributed by atoms with van der Waals surface area (Å²) >= 11 is 1.51. The minimum atomic E-state index is -0.0922. The number of fused-ring (bicyclic) bond motifs is 1. The Morgan fingerprint density at radius 2 is 1.83 bits per heavy atom. The van der Waals surface area contributed by atoms with Gasteiger partial charge < -0.3 is 0 Å². The summed E-state index contributed by atoms with van der Waals surface area (Å²) < 4.78 is 2.37. The highest BCUT2D eigenvalue weighted by atomic mass is 32.1. The molecule has 7 heteroatoms. The molecule has 0 N–H and O–H groups in total. The van der Waals surface area contributed by atoms with Gasteiger partial charge in [-0.05, 0) is 19.1 Å². The molecule has 0 unspecified atom stereocenters. The summed E-state index contributed by atoms with van der Waals surface area (Å²) in [5, 5.41) is 7.19. The van der Waals surface area contributed by atoms with Gasteiger partial charge in [0.2, 0.25) is 0 Å². The molecule has 0 atom stereocenters. The minimum Gasteiger partial charge on any atom is -0.267 e. The normalized spacial score (nSPS) is 11.0. The van der Waals surface area contributed by atoms with Crippen molar-refractivity contribution in [3.63, 3.8) is 0 Å². The first-order valence-corrected chi connectivity index (χ1v) is 8.35. The summed E-state index contributed by atoms with van der Waals surface area (Å²) in [6.07, 6.45) is 8.37. The van der Waals surface area contributed by atoms with Crippen molar-refractivity contribution in [3.05, 3.63) is 59.0 Å². The summed E-state index contributed by atoms with van der Waals surface area (Å²) in [6.45, 7) is 2.42. The van der Waals surface area contributed by atoms with Gasteiger partial charge in [-0.3, -0.25) is 9.78 Å². The number of hydrogen-bond acceptors (Lipinski definition) is 6. The van der Waals surface area contributed by atoms with Crippen LogP contribution in [0.3, 0.4) is 0 Å². The number of aromatic nitrogens is 5. The van der Waals surface area contributed by atoms with Crippen molar-refractivity contribution < 1.29 is 0 Å². The Morgan fingerprint density at radius 3 is 2.54 bits per heavy atom. The molecule has 0 bridgehead atoms. The second-order valence-corrected chi connectivity index (χ2v) is 6.07. The standard InChI is InChI=1S/C17H13N5OS/c1-2-22-17(23)14-13(12-7-19-10-20-8-12)9-24-16(14)15(21-22)11-3-5-18-6-4-11/h3-10H,2H2,1H3. The highest BCUT2D eigenvalue weighted by Crippen LogP contribution is 2.36. The zero-order valence-electron chi connectivity index (χ0n) is 12.9. The molecule has 4 aromatic rings. The van der Waals surface area contributed by atoms with Crippen molar-refractivity contribution in [2.75, 3.05) is 0 Å². The fourth-order valence-corrected chi connectivity index (χ4v) is 3.72. The Morgan fingerprint density at radius 1 is 1.08 bits per heavy atom. The highest BCUT2D eigenvalue weighted by Gasteiger charge is 2.18. The summed E-state index contributed by atoms with van der Waals surface area (Å²) in [5.74, 6) is 0. The van der Waals surface area contributed by atoms with Crippen LogP contribution in [0, 0.1) is 0 Å². The van der Waals surface area contributed by atoms with E-state index in [1.54, 1.807) is 24.8 Å². The van der Waals surface area contributed by atoms with Gasteiger partial charge in [0.05, 0.1) is 10.1 Å². The van der Waals surface area contributed by atoms with Crippen molar-refractivity contribution >= 4 is 21.4 Å². The van der Waals surface area contributed by atoms with E-state index in [9.17, 15) is 4.79 Å². The van der Waals surface area contributed by atoms with Crippen molar-refractivity contribution in [3.8, 4) is 22.4 Å². The Labute approximate surface area is 141 Å². The van der Waals surface area contributed by atoms with E-state index in [0.29, 0.717) is 11.9 Å². The monoisotopic (exact) mass is 335 g/mol. The molecule has 0 aliphatic heterocycles. The number of pyridine rings is 1. The van der Waals surface area contributed by atoms with Crippen LogP contribution < -0.4 is 5.56 Å². The average Bonchev–Trinajstić information content (AvgIpc) is 3.09. The smallest absolute Gasteiger partial charge is 0.267 e. The number of aryl methyl sites for hydroxylation is 1. The molecule has 6 nitrogen and oxygen atoms in total. The van der Waals surface area contributed by atoms with Gasteiger partial charge in [-0.25, -0.2) is 14.6 Å². The van der Waals surface area contributed by atoms with E-state index in [2.05, 4.69) is 20.1 Å². The van der Waals surface area contributed by atoms with E-state index in [-0.39, 0.29) is 5.56 Å². The number of hydrogen-bond donors (Lipinski definition) is 0. The maximum atomic E-state index is 12.9. The van der Waals surface area contributed by atoms with Gasteiger partial charge in [0.25, 0.3) is 5.56 Å².